The van der Waals surface area contributed by atoms with Crippen LogP contribution in [0.4, 0.5) is 0 Å². The number of imidazole rings is 1. The fourth-order valence-electron chi connectivity index (χ4n) is 1.38. The summed E-state index contributed by atoms with van der Waals surface area (Å²) in [5, 5.41) is 0. The van der Waals surface area contributed by atoms with Crippen LogP contribution in [-0.2, 0) is 9.53 Å². The van der Waals surface area contributed by atoms with Gasteiger partial charge in [-0.2, -0.15) is 0 Å². The molecule has 0 fully saturated rings. The molecule has 2 aromatic rings. The van der Waals surface area contributed by atoms with Crippen molar-refractivity contribution in [1.82, 2.24) is 9.38 Å². The van der Waals surface area contributed by atoms with Crippen molar-refractivity contribution in [3.63, 3.8) is 0 Å². The molecule has 1 atom stereocenters. The summed E-state index contributed by atoms with van der Waals surface area (Å²) in [6.07, 6.45) is 3.78. The summed E-state index contributed by atoms with van der Waals surface area (Å²) < 4.78 is 7.88. The maximum Gasteiger partial charge on any atom is 0.314 e. The molecule has 2 heterocycles. The van der Waals surface area contributed by atoms with Gasteiger partial charge in [0, 0.05) is 12.4 Å². The molecule has 16 heavy (non-hydrogen) atoms. The number of hydrogen-bond donors (Lipinski definition) is 0. The Morgan fingerprint density at radius 1 is 1.69 bits per heavy atom. The Bertz CT molecular complexity index is 488. The lowest BCUT2D eigenvalue weighted by Crippen LogP contribution is -2.13. The minimum atomic E-state index is -0.314. The van der Waals surface area contributed by atoms with Crippen molar-refractivity contribution in [3.8, 4) is 0 Å². The lowest BCUT2D eigenvalue weighted by atomic mass is 10.1. The van der Waals surface area contributed by atoms with Crippen LogP contribution in [0.3, 0.4) is 0 Å². The van der Waals surface area contributed by atoms with Crippen LogP contribution in [0.5, 0.6) is 0 Å². The van der Waals surface area contributed by atoms with Crippen molar-refractivity contribution in [2.24, 2.45) is 0 Å². The Kier molecular flexibility index (Phi) is 3.30. The predicted molar refractivity (Wildman–Crippen MR) is 65.8 cm³/mol. The molecule has 0 N–H and O–H groups in total. The number of nitrogens with zero attached hydrogens (tertiary/aromatic N) is 2. The van der Waals surface area contributed by atoms with Gasteiger partial charge in [0.2, 0.25) is 0 Å². The molecular weight excluding hydrogens is 292 g/mol. The molecule has 0 aliphatic carbocycles. The lowest BCUT2D eigenvalue weighted by molar-refractivity contribution is -0.144. The summed E-state index contributed by atoms with van der Waals surface area (Å²) in [4.78, 5) is 16.8. The Morgan fingerprint density at radius 3 is 3.06 bits per heavy atom. The third kappa shape index (κ3) is 2.12. The van der Waals surface area contributed by atoms with Crippen LogP contribution in [0.1, 0.15) is 25.5 Å². The summed E-state index contributed by atoms with van der Waals surface area (Å²) in [7, 11) is 0. The number of carbonyl (C=O) groups excluding carboxylic acids is 1. The number of thiazole rings is 1. The van der Waals surface area contributed by atoms with E-state index in [1.165, 1.54) is 11.3 Å². The van der Waals surface area contributed by atoms with Gasteiger partial charge >= 0.3 is 5.97 Å². The van der Waals surface area contributed by atoms with Crippen molar-refractivity contribution >= 4 is 38.2 Å². The largest absolute Gasteiger partial charge is 0.465 e. The van der Waals surface area contributed by atoms with Crippen LogP contribution in [0, 0.1) is 0 Å². The number of carbonyl (C=O) groups is 1. The molecule has 0 radical (unpaired) electrons. The highest BCUT2D eigenvalue weighted by molar-refractivity contribution is 9.11. The van der Waals surface area contributed by atoms with Crippen molar-refractivity contribution in [2.45, 2.75) is 19.8 Å². The van der Waals surface area contributed by atoms with E-state index in [4.69, 9.17) is 4.74 Å². The van der Waals surface area contributed by atoms with Gasteiger partial charge in [0.1, 0.15) is 0 Å². The molecule has 0 saturated carbocycles. The molecule has 0 spiro atoms. The molecule has 2 aromatic heterocycles. The maximum atomic E-state index is 11.5. The fraction of sp³-hybridized carbons (Fsp3) is 0.400. The second-order valence-corrected chi connectivity index (χ2v) is 5.75. The highest BCUT2D eigenvalue weighted by Gasteiger charge is 2.20. The number of hydrogen-bond acceptors (Lipinski definition) is 4. The fourth-order valence-corrected chi connectivity index (χ4v) is 2.74. The molecular formula is C10H11BrN2O2S. The van der Waals surface area contributed by atoms with Crippen molar-refractivity contribution in [2.75, 3.05) is 6.61 Å². The first-order chi connectivity index (χ1) is 7.61. The van der Waals surface area contributed by atoms with Gasteiger partial charge in [-0.3, -0.25) is 9.20 Å². The standard InChI is InChI=1S/C10H11BrN2O2S/c1-3-15-9(14)6(2)7-4-13-5-8(11)16-10(13)12-7/h4-6H,3H2,1-2H3/t6-/m0/s1. The molecule has 0 bridgehead atoms. The van der Waals surface area contributed by atoms with E-state index in [1.807, 2.05) is 16.8 Å². The van der Waals surface area contributed by atoms with Gasteiger partial charge < -0.3 is 4.74 Å². The average molecular weight is 303 g/mol. The minimum absolute atomic E-state index is 0.229. The van der Waals surface area contributed by atoms with Crippen molar-refractivity contribution in [1.29, 1.82) is 0 Å². The number of halogens is 1. The zero-order valence-electron chi connectivity index (χ0n) is 8.94. The third-order valence-corrected chi connectivity index (χ3v) is 3.71. The van der Waals surface area contributed by atoms with Crippen molar-refractivity contribution in [3.05, 3.63) is 21.9 Å². The summed E-state index contributed by atoms with van der Waals surface area (Å²) in [5.41, 5.74) is 0.747. The van der Waals surface area contributed by atoms with Crippen LogP contribution < -0.4 is 0 Å². The van der Waals surface area contributed by atoms with Crippen LogP contribution in [0.15, 0.2) is 16.2 Å². The SMILES string of the molecule is CCOC(=O)[C@@H](C)c1cn2cc(Br)sc2n1. The third-order valence-electron chi connectivity index (χ3n) is 2.23. The van der Waals surface area contributed by atoms with E-state index in [-0.39, 0.29) is 11.9 Å². The second-order valence-electron chi connectivity index (χ2n) is 3.36. The van der Waals surface area contributed by atoms with E-state index in [2.05, 4.69) is 20.9 Å². The van der Waals surface area contributed by atoms with Gasteiger partial charge in [-0.05, 0) is 29.8 Å². The number of esters is 1. The Hall–Kier alpha value is -0.880. The van der Waals surface area contributed by atoms with Crippen molar-refractivity contribution < 1.29 is 9.53 Å². The van der Waals surface area contributed by atoms with Gasteiger partial charge in [0.05, 0.1) is 22.0 Å². The molecule has 0 aromatic carbocycles. The van der Waals surface area contributed by atoms with E-state index in [1.54, 1.807) is 13.8 Å². The Labute approximate surface area is 105 Å². The zero-order valence-corrected chi connectivity index (χ0v) is 11.3. The van der Waals surface area contributed by atoms with Gasteiger partial charge in [0.25, 0.3) is 0 Å². The van der Waals surface area contributed by atoms with Gasteiger partial charge in [0.15, 0.2) is 4.96 Å². The van der Waals surface area contributed by atoms with E-state index in [9.17, 15) is 4.79 Å². The molecule has 0 unspecified atom stereocenters. The highest BCUT2D eigenvalue weighted by Crippen LogP contribution is 2.25. The summed E-state index contributed by atoms with van der Waals surface area (Å²) in [6, 6.07) is 0. The second kappa shape index (κ2) is 4.55. The number of fused-ring (bicyclic) bond motifs is 1. The van der Waals surface area contributed by atoms with Crippen LogP contribution in [0.25, 0.3) is 4.96 Å². The Morgan fingerprint density at radius 2 is 2.44 bits per heavy atom. The minimum Gasteiger partial charge on any atom is -0.465 e. The monoisotopic (exact) mass is 302 g/mol. The molecule has 0 saturated heterocycles. The first-order valence-corrected chi connectivity index (χ1v) is 6.53. The van der Waals surface area contributed by atoms with Gasteiger partial charge in [-0.25, -0.2) is 4.98 Å². The molecule has 6 heteroatoms. The maximum absolute atomic E-state index is 11.5. The van der Waals surface area contributed by atoms with E-state index in [0.717, 1.165) is 14.4 Å². The van der Waals surface area contributed by atoms with Crippen LogP contribution in [0.2, 0.25) is 0 Å². The Balaban J connectivity index is 2.26. The first kappa shape index (κ1) is 11.6. The molecule has 2 rings (SSSR count). The molecule has 0 aliphatic heterocycles. The molecule has 0 aliphatic rings. The first-order valence-electron chi connectivity index (χ1n) is 4.92. The van der Waals surface area contributed by atoms with E-state index < -0.39 is 0 Å². The topological polar surface area (TPSA) is 43.6 Å². The normalized spacial score (nSPS) is 12.9. The number of rotatable bonds is 3. The molecule has 0 amide bonds. The zero-order chi connectivity index (χ0) is 11.7. The van der Waals surface area contributed by atoms with E-state index >= 15 is 0 Å². The summed E-state index contributed by atoms with van der Waals surface area (Å²) >= 11 is 4.92. The smallest absolute Gasteiger partial charge is 0.314 e. The predicted octanol–water partition coefficient (Wildman–Crippen LogP) is 2.82. The summed E-state index contributed by atoms with van der Waals surface area (Å²) in [6.45, 7) is 4.00. The lowest BCUT2D eigenvalue weighted by Gasteiger charge is -2.06. The van der Waals surface area contributed by atoms with Crippen LogP contribution >= 0.6 is 27.3 Å². The summed E-state index contributed by atoms with van der Waals surface area (Å²) in [5.74, 6) is -0.543. The van der Waals surface area contributed by atoms with E-state index in [0.29, 0.717) is 6.61 Å². The average Bonchev–Trinajstić information content (AvgIpc) is 2.73. The molecule has 4 nitrogen and oxygen atoms in total. The highest BCUT2D eigenvalue weighted by atomic mass is 79.9. The number of ether oxygens (including phenoxy) is 1. The van der Waals surface area contributed by atoms with Crippen LogP contribution in [-0.4, -0.2) is 22.0 Å². The molecule has 86 valence electrons. The number of aromatic nitrogens is 2. The quantitative estimate of drug-likeness (QED) is 0.819. The van der Waals surface area contributed by atoms with Gasteiger partial charge in [-0.1, -0.05) is 11.3 Å². The van der Waals surface area contributed by atoms with Gasteiger partial charge in [-0.15, -0.1) is 0 Å².